The first kappa shape index (κ1) is 12.1. The predicted molar refractivity (Wildman–Crippen MR) is 60.1 cm³/mol. The van der Waals surface area contributed by atoms with Crippen LogP contribution in [0.4, 0.5) is 5.69 Å². The molecule has 1 heterocycles. The number of rotatable bonds is 4. The molecule has 2 N–H and O–H groups in total. The largest absolute Gasteiger partial charge is 0.336 e. The van der Waals surface area contributed by atoms with Crippen molar-refractivity contribution < 1.29 is 14.3 Å². The van der Waals surface area contributed by atoms with Crippen molar-refractivity contribution in [3.8, 4) is 11.4 Å². The Kier molecular flexibility index (Phi) is 3.31. The van der Waals surface area contributed by atoms with E-state index in [2.05, 4.69) is 15.0 Å². The maximum absolute atomic E-state index is 10.7. The quantitative estimate of drug-likeness (QED) is 0.642. The average Bonchev–Trinajstić information content (AvgIpc) is 2.78. The molecule has 0 spiro atoms. The number of benzene rings is 1. The van der Waals surface area contributed by atoms with Crippen molar-refractivity contribution in [2.45, 2.75) is 13.5 Å². The van der Waals surface area contributed by atoms with E-state index >= 15 is 0 Å². The van der Waals surface area contributed by atoms with Crippen LogP contribution in [-0.4, -0.2) is 15.1 Å². The van der Waals surface area contributed by atoms with Crippen LogP contribution in [0.2, 0.25) is 0 Å². The smallest absolute Gasteiger partial charge is 0.270 e. The lowest BCUT2D eigenvalue weighted by atomic mass is 10.1. The van der Waals surface area contributed by atoms with Gasteiger partial charge < -0.3 is 4.52 Å². The molecule has 18 heavy (non-hydrogen) atoms. The van der Waals surface area contributed by atoms with Gasteiger partial charge in [0.05, 0.1) is 4.92 Å². The van der Waals surface area contributed by atoms with Crippen molar-refractivity contribution >= 4 is 5.69 Å². The van der Waals surface area contributed by atoms with Crippen LogP contribution in [0.15, 0.2) is 22.7 Å². The van der Waals surface area contributed by atoms with Crippen molar-refractivity contribution in [3.05, 3.63) is 39.8 Å². The van der Waals surface area contributed by atoms with E-state index in [0.29, 0.717) is 5.56 Å². The molecule has 0 aliphatic heterocycles. The SMILES string of the molecule is Cc1ccc([N+](=O)[O-])cc1-c1noc(CON)n1. The Balaban J connectivity index is 2.41. The van der Waals surface area contributed by atoms with E-state index in [1.807, 2.05) is 0 Å². The molecule has 0 amide bonds. The highest BCUT2D eigenvalue weighted by Crippen LogP contribution is 2.25. The molecule has 8 nitrogen and oxygen atoms in total. The van der Waals surface area contributed by atoms with Gasteiger partial charge in [-0.15, -0.1) is 0 Å². The summed E-state index contributed by atoms with van der Waals surface area (Å²) >= 11 is 0. The van der Waals surface area contributed by atoms with Crippen LogP contribution in [0.1, 0.15) is 11.5 Å². The summed E-state index contributed by atoms with van der Waals surface area (Å²) in [6.45, 7) is 1.79. The number of aryl methyl sites for hydroxylation is 1. The highest BCUT2D eigenvalue weighted by Gasteiger charge is 2.15. The summed E-state index contributed by atoms with van der Waals surface area (Å²) < 4.78 is 4.88. The molecule has 0 atom stereocenters. The molecule has 8 heteroatoms. The summed E-state index contributed by atoms with van der Waals surface area (Å²) in [5.41, 5.74) is 1.31. The molecule has 0 fully saturated rings. The van der Waals surface area contributed by atoms with Crippen LogP contribution in [0, 0.1) is 17.0 Å². The molecule has 0 saturated heterocycles. The summed E-state index contributed by atoms with van der Waals surface area (Å²) in [7, 11) is 0. The van der Waals surface area contributed by atoms with Gasteiger partial charge >= 0.3 is 0 Å². The minimum Gasteiger partial charge on any atom is -0.336 e. The minimum atomic E-state index is -0.479. The number of hydrogen-bond acceptors (Lipinski definition) is 7. The maximum atomic E-state index is 10.7. The van der Waals surface area contributed by atoms with Crippen LogP contribution in [0.3, 0.4) is 0 Å². The predicted octanol–water partition coefficient (Wildman–Crippen LogP) is 1.34. The van der Waals surface area contributed by atoms with Gasteiger partial charge in [-0.05, 0) is 12.5 Å². The monoisotopic (exact) mass is 250 g/mol. The Bertz CT molecular complexity index is 581. The highest BCUT2D eigenvalue weighted by molar-refractivity contribution is 5.63. The number of aromatic nitrogens is 2. The fourth-order valence-electron chi connectivity index (χ4n) is 1.46. The number of nitro groups is 1. The van der Waals surface area contributed by atoms with E-state index in [0.717, 1.165) is 5.56 Å². The zero-order valence-electron chi connectivity index (χ0n) is 9.49. The second-order valence-electron chi connectivity index (χ2n) is 3.58. The van der Waals surface area contributed by atoms with Crippen LogP contribution in [0.25, 0.3) is 11.4 Å². The fourth-order valence-corrected chi connectivity index (χ4v) is 1.46. The second kappa shape index (κ2) is 4.90. The van der Waals surface area contributed by atoms with Crippen molar-refractivity contribution in [1.29, 1.82) is 0 Å². The Morgan fingerprint density at radius 2 is 2.33 bits per heavy atom. The molecule has 1 aromatic heterocycles. The van der Waals surface area contributed by atoms with Gasteiger partial charge in [0.15, 0.2) is 0 Å². The first-order chi connectivity index (χ1) is 8.61. The molecule has 1 aromatic carbocycles. The lowest BCUT2D eigenvalue weighted by molar-refractivity contribution is -0.384. The first-order valence-corrected chi connectivity index (χ1v) is 5.01. The Hall–Kier alpha value is -2.32. The van der Waals surface area contributed by atoms with Gasteiger partial charge in [0.1, 0.15) is 6.61 Å². The highest BCUT2D eigenvalue weighted by atomic mass is 16.6. The van der Waals surface area contributed by atoms with Gasteiger partial charge in [0.25, 0.3) is 11.6 Å². The average molecular weight is 250 g/mol. The molecule has 0 bridgehead atoms. The lowest BCUT2D eigenvalue weighted by Crippen LogP contribution is -1.98. The molecule has 0 aliphatic rings. The molecule has 0 saturated carbocycles. The molecular formula is C10H10N4O4. The maximum Gasteiger partial charge on any atom is 0.270 e. The van der Waals surface area contributed by atoms with Crippen LogP contribution >= 0.6 is 0 Å². The van der Waals surface area contributed by atoms with E-state index < -0.39 is 4.92 Å². The number of non-ortho nitro benzene ring substituents is 1. The van der Waals surface area contributed by atoms with E-state index in [1.54, 1.807) is 13.0 Å². The standard InChI is InChI=1S/C10H10N4O4/c1-6-2-3-7(14(15)16)4-8(6)10-12-9(5-17-11)18-13-10/h2-4H,5,11H2,1H3. The summed E-state index contributed by atoms with van der Waals surface area (Å²) in [5, 5.41) is 14.4. The number of hydrogen-bond donors (Lipinski definition) is 1. The Morgan fingerprint density at radius 1 is 1.56 bits per heavy atom. The van der Waals surface area contributed by atoms with E-state index in [1.165, 1.54) is 12.1 Å². The van der Waals surface area contributed by atoms with E-state index in [9.17, 15) is 10.1 Å². The van der Waals surface area contributed by atoms with Crippen LogP contribution in [-0.2, 0) is 11.4 Å². The zero-order chi connectivity index (χ0) is 13.1. The van der Waals surface area contributed by atoms with Crippen molar-refractivity contribution in [2.75, 3.05) is 0 Å². The van der Waals surface area contributed by atoms with Crippen molar-refractivity contribution in [3.63, 3.8) is 0 Å². The van der Waals surface area contributed by atoms with Gasteiger partial charge in [0, 0.05) is 17.7 Å². The molecular weight excluding hydrogens is 240 g/mol. The first-order valence-electron chi connectivity index (χ1n) is 5.01. The number of nitro benzene ring substituents is 1. The Morgan fingerprint density at radius 3 is 3.00 bits per heavy atom. The van der Waals surface area contributed by atoms with Crippen LogP contribution in [0.5, 0.6) is 0 Å². The third-order valence-corrected chi connectivity index (χ3v) is 2.35. The fraction of sp³-hybridized carbons (Fsp3) is 0.200. The zero-order valence-corrected chi connectivity index (χ0v) is 9.49. The van der Waals surface area contributed by atoms with Gasteiger partial charge in [0.2, 0.25) is 5.82 Å². The molecule has 0 radical (unpaired) electrons. The minimum absolute atomic E-state index is 0.0129. The van der Waals surface area contributed by atoms with Gasteiger partial charge in [-0.2, -0.15) is 4.98 Å². The number of nitrogens with zero attached hydrogens (tertiary/aromatic N) is 3. The van der Waals surface area contributed by atoms with Gasteiger partial charge in [-0.25, -0.2) is 5.90 Å². The molecule has 0 aliphatic carbocycles. The summed E-state index contributed by atoms with van der Waals surface area (Å²) in [6, 6.07) is 4.44. The summed E-state index contributed by atoms with van der Waals surface area (Å²) in [6.07, 6.45) is 0. The molecule has 2 aromatic rings. The molecule has 94 valence electrons. The van der Waals surface area contributed by atoms with Gasteiger partial charge in [-0.1, -0.05) is 11.2 Å². The Labute approximate surface area is 101 Å². The lowest BCUT2D eigenvalue weighted by Gasteiger charge is -2.00. The third kappa shape index (κ3) is 2.34. The van der Waals surface area contributed by atoms with E-state index in [-0.39, 0.29) is 24.0 Å². The van der Waals surface area contributed by atoms with Crippen molar-refractivity contribution in [2.24, 2.45) is 5.90 Å². The molecule has 0 unspecified atom stereocenters. The third-order valence-electron chi connectivity index (χ3n) is 2.35. The summed E-state index contributed by atoms with van der Waals surface area (Å²) in [4.78, 5) is 18.6. The topological polar surface area (TPSA) is 117 Å². The van der Waals surface area contributed by atoms with Gasteiger partial charge in [-0.3, -0.25) is 15.0 Å². The van der Waals surface area contributed by atoms with E-state index in [4.69, 9.17) is 10.4 Å². The van der Waals surface area contributed by atoms with Crippen molar-refractivity contribution in [1.82, 2.24) is 10.1 Å². The normalized spacial score (nSPS) is 10.6. The number of nitrogens with two attached hydrogens (primary N) is 1. The molecule has 2 rings (SSSR count). The van der Waals surface area contributed by atoms with Crippen LogP contribution < -0.4 is 5.90 Å². The second-order valence-corrected chi connectivity index (χ2v) is 3.58. The summed E-state index contributed by atoms with van der Waals surface area (Å²) in [5.74, 6) is 5.36.